The average Bonchev–Trinajstić information content (AvgIpc) is 2.95. The van der Waals surface area contributed by atoms with E-state index in [0.717, 1.165) is 35.4 Å². The van der Waals surface area contributed by atoms with Crippen LogP contribution < -0.4 is 10.2 Å². The van der Waals surface area contributed by atoms with Gasteiger partial charge in [0.2, 0.25) is 0 Å². The molecule has 2 N–H and O–H groups in total. The maximum atomic E-state index is 9.61. The van der Waals surface area contributed by atoms with Crippen molar-refractivity contribution >= 4 is 11.5 Å². The minimum absolute atomic E-state index is 0.156. The molecule has 2 aromatic carbocycles. The SMILES string of the molecule is COc1cccc(-c2ccc3c(c2)C2(CCCCC2)C(NO)=N3)c1. The van der Waals surface area contributed by atoms with Gasteiger partial charge in [-0.25, -0.2) is 4.99 Å². The number of hydrogen-bond acceptors (Lipinski definition) is 4. The number of nitrogens with zero attached hydrogens (tertiary/aromatic N) is 1. The number of rotatable bonds is 2. The number of methoxy groups -OCH3 is 1. The fraction of sp³-hybridized carbons (Fsp3) is 0.350. The maximum Gasteiger partial charge on any atom is 0.136 e. The first-order valence-corrected chi connectivity index (χ1v) is 8.55. The highest BCUT2D eigenvalue weighted by molar-refractivity contribution is 6.00. The van der Waals surface area contributed by atoms with Crippen molar-refractivity contribution in [3.63, 3.8) is 0 Å². The lowest BCUT2D eigenvalue weighted by molar-refractivity contribution is 0.218. The number of hydroxylamine groups is 1. The molecule has 0 aromatic heterocycles. The molecule has 0 unspecified atom stereocenters. The van der Waals surface area contributed by atoms with Crippen LogP contribution in [0.1, 0.15) is 37.7 Å². The summed E-state index contributed by atoms with van der Waals surface area (Å²) in [5.74, 6) is 1.56. The maximum absolute atomic E-state index is 9.61. The predicted molar refractivity (Wildman–Crippen MR) is 95.2 cm³/mol. The van der Waals surface area contributed by atoms with Crippen molar-refractivity contribution in [2.75, 3.05) is 7.11 Å². The molecule has 0 bridgehead atoms. The van der Waals surface area contributed by atoms with Crippen molar-refractivity contribution in [2.24, 2.45) is 4.99 Å². The van der Waals surface area contributed by atoms with Crippen molar-refractivity contribution in [1.29, 1.82) is 0 Å². The number of nitrogens with one attached hydrogen (secondary N) is 1. The van der Waals surface area contributed by atoms with Crippen LogP contribution in [0.25, 0.3) is 11.1 Å². The Morgan fingerprint density at radius 2 is 1.83 bits per heavy atom. The van der Waals surface area contributed by atoms with Gasteiger partial charge >= 0.3 is 0 Å². The Hall–Kier alpha value is -2.33. The number of fused-ring (bicyclic) bond motifs is 2. The third kappa shape index (κ3) is 2.29. The third-order valence-corrected chi connectivity index (χ3v) is 5.41. The van der Waals surface area contributed by atoms with Gasteiger partial charge in [-0.15, -0.1) is 0 Å². The van der Waals surface area contributed by atoms with Crippen molar-refractivity contribution in [3.05, 3.63) is 48.0 Å². The highest BCUT2D eigenvalue weighted by Crippen LogP contribution is 2.49. The van der Waals surface area contributed by atoms with Crippen molar-refractivity contribution in [2.45, 2.75) is 37.5 Å². The summed E-state index contributed by atoms with van der Waals surface area (Å²) in [5.41, 5.74) is 6.72. The van der Waals surface area contributed by atoms with Gasteiger partial charge in [-0.2, -0.15) is 0 Å². The quantitative estimate of drug-likeness (QED) is 0.795. The summed E-state index contributed by atoms with van der Waals surface area (Å²) < 4.78 is 5.35. The summed E-state index contributed by atoms with van der Waals surface area (Å²) in [5, 5.41) is 9.61. The minimum atomic E-state index is -0.156. The molecule has 0 saturated heterocycles. The molecule has 2 aliphatic rings. The van der Waals surface area contributed by atoms with E-state index in [1.54, 1.807) is 7.11 Å². The van der Waals surface area contributed by atoms with Crippen LogP contribution in [-0.4, -0.2) is 18.2 Å². The molecule has 1 spiro atoms. The minimum Gasteiger partial charge on any atom is -0.497 e. The van der Waals surface area contributed by atoms with Crippen molar-refractivity contribution < 1.29 is 9.94 Å². The van der Waals surface area contributed by atoms with Crippen molar-refractivity contribution in [3.8, 4) is 16.9 Å². The Morgan fingerprint density at radius 3 is 2.58 bits per heavy atom. The number of aliphatic imine (C=N–C) groups is 1. The Labute approximate surface area is 142 Å². The first-order chi connectivity index (χ1) is 11.8. The second-order valence-electron chi connectivity index (χ2n) is 6.68. The van der Waals surface area contributed by atoms with E-state index in [9.17, 15) is 5.21 Å². The van der Waals surface area contributed by atoms with E-state index in [4.69, 9.17) is 4.74 Å². The van der Waals surface area contributed by atoms with E-state index in [2.05, 4.69) is 40.8 Å². The number of amidine groups is 1. The van der Waals surface area contributed by atoms with E-state index in [-0.39, 0.29) is 5.41 Å². The van der Waals surface area contributed by atoms with Crippen LogP contribution in [0.2, 0.25) is 0 Å². The molecule has 0 radical (unpaired) electrons. The molecule has 4 heteroatoms. The summed E-state index contributed by atoms with van der Waals surface area (Å²) in [6.07, 6.45) is 5.67. The van der Waals surface area contributed by atoms with Gasteiger partial charge < -0.3 is 4.74 Å². The van der Waals surface area contributed by atoms with E-state index in [1.165, 1.54) is 24.8 Å². The fourth-order valence-corrected chi connectivity index (χ4v) is 4.15. The molecular weight excluding hydrogens is 300 g/mol. The first-order valence-electron chi connectivity index (χ1n) is 8.55. The normalized spacial score (nSPS) is 18.2. The highest BCUT2D eigenvalue weighted by Gasteiger charge is 2.44. The topological polar surface area (TPSA) is 53.8 Å². The molecule has 2 aromatic rings. The molecule has 0 atom stereocenters. The second kappa shape index (κ2) is 5.95. The van der Waals surface area contributed by atoms with Crippen LogP contribution in [0, 0.1) is 0 Å². The molecule has 1 aliphatic heterocycles. The number of ether oxygens (including phenoxy) is 1. The number of hydrogen-bond donors (Lipinski definition) is 2. The van der Waals surface area contributed by atoms with Gasteiger partial charge in [0.15, 0.2) is 0 Å². The van der Waals surface area contributed by atoms with Gasteiger partial charge in [0.25, 0.3) is 0 Å². The fourth-order valence-electron chi connectivity index (χ4n) is 4.15. The van der Waals surface area contributed by atoms with Gasteiger partial charge in [-0.3, -0.25) is 10.7 Å². The van der Waals surface area contributed by atoms with Gasteiger partial charge in [-0.05, 0) is 53.8 Å². The van der Waals surface area contributed by atoms with Crippen LogP contribution in [-0.2, 0) is 5.41 Å². The van der Waals surface area contributed by atoms with Crippen LogP contribution in [0.5, 0.6) is 5.75 Å². The highest BCUT2D eigenvalue weighted by atomic mass is 16.5. The molecule has 4 nitrogen and oxygen atoms in total. The van der Waals surface area contributed by atoms with Crippen LogP contribution in [0.15, 0.2) is 47.5 Å². The number of benzene rings is 2. The molecule has 24 heavy (non-hydrogen) atoms. The first kappa shape index (κ1) is 15.2. The van der Waals surface area contributed by atoms with Gasteiger partial charge in [0.05, 0.1) is 18.2 Å². The zero-order valence-electron chi connectivity index (χ0n) is 13.9. The lowest BCUT2D eigenvalue weighted by atomic mass is 9.69. The zero-order chi connectivity index (χ0) is 16.6. The average molecular weight is 322 g/mol. The Morgan fingerprint density at radius 1 is 1.04 bits per heavy atom. The molecule has 124 valence electrons. The summed E-state index contributed by atoms with van der Waals surface area (Å²) in [4.78, 5) is 4.65. The molecule has 0 amide bonds. The zero-order valence-corrected chi connectivity index (χ0v) is 13.9. The summed E-state index contributed by atoms with van der Waals surface area (Å²) in [6, 6.07) is 14.5. The Balaban J connectivity index is 1.80. The Bertz CT molecular complexity index is 792. The third-order valence-electron chi connectivity index (χ3n) is 5.41. The monoisotopic (exact) mass is 322 g/mol. The second-order valence-corrected chi connectivity index (χ2v) is 6.68. The van der Waals surface area contributed by atoms with E-state index < -0.39 is 0 Å². The van der Waals surface area contributed by atoms with Crippen LogP contribution >= 0.6 is 0 Å². The summed E-state index contributed by atoms with van der Waals surface area (Å²) in [7, 11) is 1.69. The molecule has 1 saturated carbocycles. The summed E-state index contributed by atoms with van der Waals surface area (Å²) in [6.45, 7) is 0. The van der Waals surface area contributed by atoms with Gasteiger partial charge in [0, 0.05) is 0 Å². The smallest absolute Gasteiger partial charge is 0.136 e. The largest absolute Gasteiger partial charge is 0.497 e. The van der Waals surface area contributed by atoms with E-state index in [1.807, 2.05) is 12.1 Å². The summed E-state index contributed by atoms with van der Waals surface area (Å²) >= 11 is 0. The molecule has 4 rings (SSSR count). The molecule has 1 heterocycles. The van der Waals surface area contributed by atoms with E-state index >= 15 is 0 Å². The Kier molecular flexibility index (Phi) is 3.77. The molecule has 1 fully saturated rings. The molecule has 1 aliphatic carbocycles. The lowest BCUT2D eigenvalue weighted by Gasteiger charge is -2.35. The van der Waals surface area contributed by atoms with Crippen molar-refractivity contribution in [1.82, 2.24) is 5.48 Å². The van der Waals surface area contributed by atoms with Crippen LogP contribution in [0.4, 0.5) is 5.69 Å². The van der Waals surface area contributed by atoms with Gasteiger partial charge in [-0.1, -0.05) is 37.5 Å². The van der Waals surface area contributed by atoms with E-state index in [0.29, 0.717) is 5.84 Å². The molecular formula is C20H22N2O2. The standard InChI is InChI=1S/C20H22N2O2/c1-24-16-7-5-6-14(12-16)15-8-9-18-17(13-15)20(19(21-18)22-23)10-3-2-4-11-20/h5-9,12-13,23H,2-4,10-11H2,1H3,(H,21,22). The van der Waals surface area contributed by atoms with Crippen LogP contribution in [0.3, 0.4) is 0 Å². The predicted octanol–water partition coefficient (Wildman–Crippen LogP) is 4.59. The lowest BCUT2D eigenvalue weighted by Crippen LogP contribution is -2.42. The van der Waals surface area contributed by atoms with Gasteiger partial charge in [0.1, 0.15) is 11.6 Å².